The number of ether oxygens (including phenoxy) is 2. The van der Waals surface area contributed by atoms with Crippen LogP contribution in [0.2, 0.25) is 0 Å². The van der Waals surface area contributed by atoms with E-state index in [9.17, 15) is 4.79 Å². The first kappa shape index (κ1) is 13.9. The number of para-hydroxylation sites is 2. The lowest BCUT2D eigenvalue weighted by Crippen LogP contribution is -2.22. The Hall–Kier alpha value is -2.15. The summed E-state index contributed by atoms with van der Waals surface area (Å²) in [5, 5.41) is 2.66. The highest BCUT2D eigenvalue weighted by molar-refractivity contribution is 5.75. The molecule has 4 nitrogen and oxygen atoms in total. The van der Waals surface area contributed by atoms with Crippen LogP contribution in [0.1, 0.15) is 13.3 Å². The molecule has 1 aromatic rings. The Kier molecular flexibility index (Phi) is 6.20. The minimum absolute atomic E-state index is 0.00468. The molecule has 1 aromatic carbocycles. The second-order valence-electron chi connectivity index (χ2n) is 3.42. The highest BCUT2D eigenvalue weighted by Gasteiger charge is 2.00. The number of carbonyl (C=O) groups excluding carboxylic acids is 1. The number of hydrogen-bond donors (Lipinski definition) is 1. The Labute approximate surface area is 107 Å². The number of hydrogen-bond acceptors (Lipinski definition) is 3. The van der Waals surface area contributed by atoms with E-state index in [0.29, 0.717) is 24.5 Å². The van der Waals surface area contributed by atoms with Crippen LogP contribution in [0, 0.1) is 11.8 Å². The summed E-state index contributed by atoms with van der Waals surface area (Å²) in [6.45, 7) is 2.41. The third kappa shape index (κ3) is 4.79. The van der Waals surface area contributed by atoms with Crippen molar-refractivity contribution in [3.63, 3.8) is 0 Å². The predicted octanol–water partition coefficient (Wildman–Crippen LogP) is 1.60. The van der Waals surface area contributed by atoms with Crippen molar-refractivity contribution in [2.45, 2.75) is 13.3 Å². The maximum atomic E-state index is 10.9. The zero-order chi connectivity index (χ0) is 13.2. The summed E-state index contributed by atoms with van der Waals surface area (Å²) in [7, 11) is 1.59. The molecular weight excluding hydrogens is 230 g/mol. The van der Waals surface area contributed by atoms with Gasteiger partial charge in [0.05, 0.1) is 13.7 Å². The molecule has 0 radical (unpaired) electrons. The van der Waals surface area contributed by atoms with Crippen molar-refractivity contribution in [1.82, 2.24) is 5.32 Å². The lowest BCUT2D eigenvalue weighted by atomic mass is 10.3. The van der Waals surface area contributed by atoms with Gasteiger partial charge >= 0.3 is 0 Å². The summed E-state index contributed by atoms with van der Waals surface area (Å²) in [5.41, 5.74) is 0. The van der Waals surface area contributed by atoms with Crippen molar-refractivity contribution in [3.8, 4) is 23.3 Å². The number of amides is 1. The molecule has 0 bridgehead atoms. The summed E-state index contributed by atoms with van der Waals surface area (Å²) >= 11 is 0. The van der Waals surface area contributed by atoms with Crippen molar-refractivity contribution in [2.75, 3.05) is 20.3 Å². The van der Waals surface area contributed by atoms with Crippen LogP contribution < -0.4 is 14.8 Å². The summed E-state index contributed by atoms with van der Waals surface area (Å²) < 4.78 is 10.6. The van der Waals surface area contributed by atoms with E-state index in [0.717, 1.165) is 0 Å². The Bertz CT molecular complexity index is 446. The van der Waals surface area contributed by atoms with Crippen LogP contribution in [-0.2, 0) is 4.79 Å². The third-order valence-corrected chi connectivity index (χ3v) is 2.19. The molecule has 0 unspecified atom stereocenters. The standard InChI is InChI=1S/C14H17NO3/c1-3-14(16)15-10-6-7-11-18-13-9-5-4-8-12(13)17-2/h4-5,8-9H,3,10-11H2,1-2H3,(H,15,16). The number of rotatable bonds is 5. The van der Waals surface area contributed by atoms with Gasteiger partial charge in [-0.1, -0.05) is 30.9 Å². The second kappa shape index (κ2) is 8.02. The van der Waals surface area contributed by atoms with Gasteiger partial charge in [0.2, 0.25) is 5.91 Å². The van der Waals surface area contributed by atoms with Crippen LogP contribution in [0.4, 0.5) is 0 Å². The number of benzene rings is 1. The van der Waals surface area contributed by atoms with Gasteiger partial charge < -0.3 is 14.8 Å². The van der Waals surface area contributed by atoms with Crippen molar-refractivity contribution in [3.05, 3.63) is 24.3 Å². The molecule has 18 heavy (non-hydrogen) atoms. The first-order valence-electron chi connectivity index (χ1n) is 5.76. The van der Waals surface area contributed by atoms with Crippen LogP contribution in [0.25, 0.3) is 0 Å². The van der Waals surface area contributed by atoms with E-state index in [4.69, 9.17) is 9.47 Å². The maximum absolute atomic E-state index is 10.9. The average molecular weight is 247 g/mol. The van der Waals surface area contributed by atoms with Crippen LogP contribution in [0.3, 0.4) is 0 Å². The van der Waals surface area contributed by atoms with Gasteiger partial charge in [0.15, 0.2) is 11.5 Å². The fourth-order valence-electron chi connectivity index (χ4n) is 1.23. The number of carbonyl (C=O) groups is 1. The van der Waals surface area contributed by atoms with E-state index >= 15 is 0 Å². The predicted molar refractivity (Wildman–Crippen MR) is 69.6 cm³/mol. The van der Waals surface area contributed by atoms with Gasteiger partial charge in [-0.2, -0.15) is 0 Å². The molecule has 0 aliphatic rings. The molecule has 0 aliphatic carbocycles. The Balaban J connectivity index is 2.33. The Morgan fingerprint density at radius 2 is 2.00 bits per heavy atom. The van der Waals surface area contributed by atoms with Crippen molar-refractivity contribution in [2.24, 2.45) is 0 Å². The van der Waals surface area contributed by atoms with Crippen LogP contribution in [0.15, 0.2) is 24.3 Å². The topological polar surface area (TPSA) is 47.6 Å². The minimum Gasteiger partial charge on any atom is -0.493 e. The third-order valence-electron chi connectivity index (χ3n) is 2.19. The van der Waals surface area contributed by atoms with Crippen LogP contribution >= 0.6 is 0 Å². The summed E-state index contributed by atoms with van der Waals surface area (Å²) in [5.74, 6) is 6.97. The normalized spacial score (nSPS) is 9.00. The zero-order valence-corrected chi connectivity index (χ0v) is 10.7. The van der Waals surface area contributed by atoms with Crippen LogP contribution in [-0.4, -0.2) is 26.2 Å². The fourth-order valence-corrected chi connectivity index (χ4v) is 1.23. The van der Waals surface area contributed by atoms with Gasteiger partial charge in [0.25, 0.3) is 0 Å². The van der Waals surface area contributed by atoms with Crippen molar-refractivity contribution in [1.29, 1.82) is 0 Å². The monoisotopic (exact) mass is 247 g/mol. The second-order valence-corrected chi connectivity index (χ2v) is 3.42. The van der Waals surface area contributed by atoms with E-state index < -0.39 is 0 Å². The number of methoxy groups -OCH3 is 1. The first-order chi connectivity index (χ1) is 8.77. The largest absolute Gasteiger partial charge is 0.493 e. The van der Waals surface area contributed by atoms with E-state index in [1.807, 2.05) is 24.3 Å². The highest BCUT2D eigenvalue weighted by atomic mass is 16.5. The molecule has 1 N–H and O–H groups in total. The molecule has 0 aromatic heterocycles. The van der Waals surface area contributed by atoms with Crippen molar-refractivity contribution >= 4 is 5.91 Å². The average Bonchev–Trinajstić information content (AvgIpc) is 2.42. The van der Waals surface area contributed by atoms with Crippen molar-refractivity contribution < 1.29 is 14.3 Å². The van der Waals surface area contributed by atoms with E-state index in [1.54, 1.807) is 14.0 Å². The molecule has 0 heterocycles. The van der Waals surface area contributed by atoms with Gasteiger partial charge in [0.1, 0.15) is 6.61 Å². The zero-order valence-electron chi connectivity index (χ0n) is 10.7. The molecule has 4 heteroatoms. The Morgan fingerprint density at radius 1 is 1.28 bits per heavy atom. The fraction of sp³-hybridized carbons (Fsp3) is 0.357. The molecule has 1 amide bonds. The van der Waals surface area contributed by atoms with Gasteiger partial charge in [-0.05, 0) is 12.1 Å². The van der Waals surface area contributed by atoms with Gasteiger partial charge in [-0.15, -0.1) is 0 Å². The summed E-state index contributed by atoms with van der Waals surface area (Å²) in [6.07, 6.45) is 0.472. The van der Waals surface area contributed by atoms with Gasteiger partial charge in [-0.3, -0.25) is 4.79 Å². The molecule has 0 spiro atoms. The quantitative estimate of drug-likeness (QED) is 0.804. The van der Waals surface area contributed by atoms with E-state index in [-0.39, 0.29) is 12.5 Å². The molecular formula is C14H17NO3. The van der Waals surface area contributed by atoms with Gasteiger partial charge in [-0.25, -0.2) is 0 Å². The SMILES string of the molecule is CCC(=O)NCC#CCOc1ccccc1OC. The number of nitrogens with one attached hydrogen (secondary N) is 1. The lowest BCUT2D eigenvalue weighted by molar-refractivity contribution is -0.120. The Morgan fingerprint density at radius 3 is 2.67 bits per heavy atom. The van der Waals surface area contributed by atoms with E-state index in [2.05, 4.69) is 17.2 Å². The summed E-state index contributed by atoms with van der Waals surface area (Å²) in [6, 6.07) is 7.38. The molecule has 1 rings (SSSR count). The van der Waals surface area contributed by atoms with Crippen LogP contribution in [0.5, 0.6) is 11.5 Å². The smallest absolute Gasteiger partial charge is 0.220 e. The summed E-state index contributed by atoms with van der Waals surface area (Å²) in [4.78, 5) is 10.9. The van der Waals surface area contributed by atoms with Gasteiger partial charge in [0, 0.05) is 6.42 Å². The highest BCUT2D eigenvalue weighted by Crippen LogP contribution is 2.25. The maximum Gasteiger partial charge on any atom is 0.220 e. The first-order valence-corrected chi connectivity index (χ1v) is 5.76. The molecule has 0 aliphatic heterocycles. The lowest BCUT2D eigenvalue weighted by Gasteiger charge is -2.07. The molecule has 0 saturated carbocycles. The molecule has 96 valence electrons. The minimum atomic E-state index is -0.00468. The molecule has 0 atom stereocenters. The van der Waals surface area contributed by atoms with E-state index in [1.165, 1.54) is 0 Å². The molecule has 0 fully saturated rings. The molecule has 0 saturated heterocycles.